The molecule has 1 aromatic heterocycles. The first-order valence-corrected chi connectivity index (χ1v) is 5.65. The summed E-state index contributed by atoms with van der Waals surface area (Å²) < 4.78 is 11.2. The quantitative estimate of drug-likeness (QED) is 0.894. The zero-order valence-electron chi connectivity index (χ0n) is 9.39. The van der Waals surface area contributed by atoms with Crippen LogP contribution in [-0.2, 0) is 0 Å². The number of hydrogen-bond donors (Lipinski definition) is 1. The van der Waals surface area contributed by atoms with Crippen molar-refractivity contribution in [2.45, 2.75) is 18.9 Å². The molecule has 1 N–H and O–H groups in total. The summed E-state index contributed by atoms with van der Waals surface area (Å²) in [5.41, 5.74) is 1.63. The summed E-state index contributed by atoms with van der Waals surface area (Å²) in [7, 11) is 0. The van der Waals surface area contributed by atoms with Gasteiger partial charge < -0.3 is 14.5 Å². The number of fused-ring (bicyclic) bond motifs is 1. The Labute approximate surface area is 106 Å². The lowest BCUT2D eigenvalue weighted by atomic mass is 10.1. The van der Waals surface area contributed by atoms with Crippen molar-refractivity contribution < 1.29 is 9.15 Å². The summed E-state index contributed by atoms with van der Waals surface area (Å²) in [4.78, 5) is 4.29. The molecule has 4 nitrogen and oxygen atoms in total. The van der Waals surface area contributed by atoms with Crippen LogP contribution in [0.5, 0.6) is 6.08 Å². The van der Waals surface area contributed by atoms with Gasteiger partial charge in [-0.1, -0.05) is 12.1 Å². The van der Waals surface area contributed by atoms with Crippen molar-refractivity contribution in [3.8, 4) is 6.08 Å². The molecule has 3 rings (SSSR count). The van der Waals surface area contributed by atoms with Crippen molar-refractivity contribution in [1.29, 1.82) is 0 Å². The Bertz CT molecular complexity index is 447. The van der Waals surface area contributed by atoms with Gasteiger partial charge in [0.2, 0.25) is 0 Å². The molecule has 1 aromatic carbocycles. The zero-order valence-corrected chi connectivity index (χ0v) is 10.2. The predicted octanol–water partition coefficient (Wildman–Crippen LogP) is 2.38. The third-order valence-corrected chi connectivity index (χ3v) is 2.79. The number of nitrogens with zero attached hydrogens (tertiary/aromatic N) is 1. The first-order chi connectivity index (χ1) is 7.92. The van der Waals surface area contributed by atoms with E-state index in [1.807, 2.05) is 24.3 Å². The first-order valence-electron chi connectivity index (χ1n) is 5.65. The normalized spacial score (nSPS) is 19.9. The summed E-state index contributed by atoms with van der Waals surface area (Å²) in [5, 5.41) is 3.29. The molecule has 0 saturated carbocycles. The first kappa shape index (κ1) is 12.2. The van der Waals surface area contributed by atoms with Crippen LogP contribution < -0.4 is 10.1 Å². The summed E-state index contributed by atoms with van der Waals surface area (Å²) in [5.74, 6) is 0. The fourth-order valence-corrected chi connectivity index (χ4v) is 1.96. The maximum Gasteiger partial charge on any atom is 0.394 e. The molecule has 17 heavy (non-hydrogen) atoms. The predicted molar refractivity (Wildman–Crippen MR) is 67.8 cm³/mol. The van der Waals surface area contributed by atoms with Crippen molar-refractivity contribution in [1.82, 2.24) is 10.3 Å². The highest BCUT2D eigenvalue weighted by atomic mass is 35.5. The number of piperidine rings is 1. The van der Waals surface area contributed by atoms with E-state index in [-0.39, 0.29) is 18.5 Å². The van der Waals surface area contributed by atoms with Crippen LogP contribution >= 0.6 is 12.4 Å². The van der Waals surface area contributed by atoms with Gasteiger partial charge in [0.05, 0.1) is 0 Å². The van der Waals surface area contributed by atoms with Crippen molar-refractivity contribution in [2.24, 2.45) is 0 Å². The van der Waals surface area contributed by atoms with Gasteiger partial charge in [0.25, 0.3) is 0 Å². The Hall–Kier alpha value is -1.26. The van der Waals surface area contributed by atoms with Gasteiger partial charge in [-0.05, 0) is 31.5 Å². The summed E-state index contributed by atoms with van der Waals surface area (Å²) in [6.07, 6.45) is 2.77. The number of benzene rings is 1. The van der Waals surface area contributed by atoms with Crippen LogP contribution in [0.2, 0.25) is 0 Å². The molecular weight excluding hydrogens is 240 g/mol. The molecule has 0 spiro atoms. The molecule has 1 atom stereocenters. The van der Waals surface area contributed by atoms with Crippen LogP contribution in [0.15, 0.2) is 28.7 Å². The number of hydrogen-bond acceptors (Lipinski definition) is 4. The van der Waals surface area contributed by atoms with Crippen LogP contribution in [0.3, 0.4) is 0 Å². The van der Waals surface area contributed by atoms with Crippen molar-refractivity contribution >= 4 is 23.5 Å². The van der Waals surface area contributed by atoms with E-state index in [2.05, 4.69) is 10.3 Å². The highest BCUT2D eigenvalue weighted by Crippen LogP contribution is 2.21. The molecule has 0 radical (unpaired) electrons. The van der Waals surface area contributed by atoms with Gasteiger partial charge in [0, 0.05) is 6.54 Å². The summed E-state index contributed by atoms with van der Waals surface area (Å²) in [6, 6.07) is 7.69. The van der Waals surface area contributed by atoms with Crippen molar-refractivity contribution in [3.05, 3.63) is 24.3 Å². The van der Waals surface area contributed by atoms with Crippen LogP contribution in [0.1, 0.15) is 12.8 Å². The van der Waals surface area contributed by atoms with E-state index in [0.29, 0.717) is 6.08 Å². The highest BCUT2D eigenvalue weighted by molar-refractivity contribution is 5.85. The molecule has 1 fully saturated rings. The summed E-state index contributed by atoms with van der Waals surface area (Å²) >= 11 is 0. The average Bonchev–Trinajstić information content (AvgIpc) is 2.72. The topological polar surface area (TPSA) is 47.3 Å². The maximum absolute atomic E-state index is 5.70. The van der Waals surface area contributed by atoms with E-state index in [1.54, 1.807) is 0 Å². The lowest BCUT2D eigenvalue weighted by Crippen LogP contribution is -2.37. The van der Waals surface area contributed by atoms with Crippen LogP contribution in [-0.4, -0.2) is 24.2 Å². The molecule has 92 valence electrons. The second-order valence-electron chi connectivity index (χ2n) is 4.03. The van der Waals surface area contributed by atoms with Crippen molar-refractivity contribution in [2.75, 3.05) is 13.1 Å². The van der Waals surface area contributed by atoms with E-state index in [4.69, 9.17) is 9.15 Å². The molecule has 0 aliphatic carbocycles. The van der Waals surface area contributed by atoms with Crippen LogP contribution in [0.4, 0.5) is 0 Å². The highest BCUT2D eigenvalue weighted by Gasteiger charge is 2.17. The van der Waals surface area contributed by atoms with Gasteiger partial charge in [-0.2, -0.15) is 4.98 Å². The number of ether oxygens (including phenoxy) is 1. The molecule has 1 saturated heterocycles. The van der Waals surface area contributed by atoms with Gasteiger partial charge >= 0.3 is 6.08 Å². The monoisotopic (exact) mass is 254 g/mol. The number of halogens is 1. The standard InChI is InChI=1S/C12H14N2O2.ClH/c1-2-6-11-10(5-1)14-12(16-11)15-9-4-3-7-13-8-9;/h1-2,5-6,9,13H,3-4,7-8H2;1H/t9-;/m0./s1. The van der Waals surface area contributed by atoms with E-state index in [1.165, 1.54) is 0 Å². The number of oxazole rings is 1. The zero-order chi connectivity index (χ0) is 10.8. The summed E-state index contributed by atoms with van der Waals surface area (Å²) in [6.45, 7) is 1.95. The Kier molecular flexibility index (Phi) is 3.86. The smallest absolute Gasteiger partial charge is 0.394 e. The molecule has 0 amide bonds. The fourth-order valence-electron chi connectivity index (χ4n) is 1.96. The minimum atomic E-state index is 0. The third kappa shape index (κ3) is 2.70. The molecule has 5 heteroatoms. The second kappa shape index (κ2) is 5.38. The van der Waals surface area contributed by atoms with Gasteiger partial charge in [-0.15, -0.1) is 12.4 Å². The fraction of sp³-hybridized carbons (Fsp3) is 0.417. The maximum atomic E-state index is 5.70. The lowest BCUT2D eigenvalue weighted by molar-refractivity contribution is 0.125. The van der Waals surface area contributed by atoms with Crippen LogP contribution in [0.25, 0.3) is 11.1 Å². The van der Waals surface area contributed by atoms with E-state index in [0.717, 1.165) is 37.0 Å². The van der Waals surface area contributed by atoms with E-state index in [9.17, 15) is 0 Å². The third-order valence-electron chi connectivity index (χ3n) is 2.79. The number of nitrogens with one attached hydrogen (secondary N) is 1. The minimum Gasteiger partial charge on any atom is -0.445 e. The molecule has 0 bridgehead atoms. The number of rotatable bonds is 2. The molecule has 0 unspecified atom stereocenters. The van der Waals surface area contributed by atoms with Gasteiger partial charge in [-0.25, -0.2) is 0 Å². The van der Waals surface area contributed by atoms with Gasteiger partial charge in [0.15, 0.2) is 5.58 Å². The average molecular weight is 255 g/mol. The van der Waals surface area contributed by atoms with Crippen LogP contribution in [0, 0.1) is 0 Å². The lowest BCUT2D eigenvalue weighted by Gasteiger charge is -2.21. The molecular formula is C12H15ClN2O2. The largest absolute Gasteiger partial charge is 0.445 e. The number of para-hydroxylation sites is 2. The van der Waals surface area contributed by atoms with E-state index < -0.39 is 0 Å². The van der Waals surface area contributed by atoms with E-state index >= 15 is 0 Å². The Morgan fingerprint density at radius 1 is 1.35 bits per heavy atom. The Balaban J connectivity index is 0.00000108. The second-order valence-corrected chi connectivity index (χ2v) is 4.03. The molecule has 2 aromatic rings. The van der Waals surface area contributed by atoms with Gasteiger partial charge in [-0.3, -0.25) is 0 Å². The molecule has 1 aliphatic rings. The Morgan fingerprint density at radius 3 is 3.00 bits per heavy atom. The number of aromatic nitrogens is 1. The van der Waals surface area contributed by atoms with Gasteiger partial charge in [0.1, 0.15) is 11.6 Å². The molecule has 2 heterocycles. The minimum absolute atomic E-state index is 0. The molecule has 1 aliphatic heterocycles. The van der Waals surface area contributed by atoms with Crippen molar-refractivity contribution in [3.63, 3.8) is 0 Å². The Morgan fingerprint density at radius 2 is 2.24 bits per heavy atom. The SMILES string of the molecule is Cl.c1ccc2oc(O[C@H]3CCCNC3)nc2c1.